The molecule has 2 aromatic rings. The number of nitrogens with one attached hydrogen (secondary N) is 1. The van der Waals surface area contributed by atoms with Gasteiger partial charge in [0.05, 0.1) is 6.04 Å². The molecule has 0 aliphatic carbocycles. The molecule has 0 radical (unpaired) electrons. The van der Waals surface area contributed by atoms with E-state index in [2.05, 4.69) is 35.4 Å². The van der Waals surface area contributed by atoms with Crippen molar-refractivity contribution in [1.82, 2.24) is 15.5 Å². The van der Waals surface area contributed by atoms with E-state index in [4.69, 9.17) is 9.26 Å². The van der Waals surface area contributed by atoms with E-state index in [0.717, 1.165) is 24.5 Å². The van der Waals surface area contributed by atoms with Crippen LogP contribution in [0.3, 0.4) is 0 Å². The standard InChI is InChI=1S/C14H17N3O2/c1-14(2)13(10-5-3-4-6-11(10)19-14)15-8-7-12-16-9-18-17-12/h3-6,9,13,15H,7-8H2,1-2H3. The molecule has 1 aromatic heterocycles. The van der Waals surface area contributed by atoms with Gasteiger partial charge in [0.25, 0.3) is 0 Å². The average Bonchev–Trinajstić information content (AvgIpc) is 2.96. The van der Waals surface area contributed by atoms with Gasteiger partial charge in [0.2, 0.25) is 6.39 Å². The second-order valence-corrected chi connectivity index (χ2v) is 5.23. The zero-order valence-electron chi connectivity index (χ0n) is 11.1. The zero-order chi connectivity index (χ0) is 13.3. The Labute approximate surface area is 112 Å². The Balaban J connectivity index is 1.69. The fourth-order valence-electron chi connectivity index (χ4n) is 2.52. The summed E-state index contributed by atoms with van der Waals surface area (Å²) in [6.45, 7) is 4.98. The Morgan fingerprint density at radius 2 is 2.16 bits per heavy atom. The highest BCUT2D eigenvalue weighted by atomic mass is 16.5. The molecule has 0 amide bonds. The normalized spacial score (nSPS) is 20.0. The van der Waals surface area contributed by atoms with Gasteiger partial charge in [-0.3, -0.25) is 0 Å². The summed E-state index contributed by atoms with van der Waals surface area (Å²) in [5, 5.41) is 7.32. The van der Waals surface area contributed by atoms with Crippen molar-refractivity contribution in [2.24, 2.45) is 0 Å². The number of aromatic nitrogens is 2. The number of hydrogen-bond donors (Lipinski definition) is 1. The lowest BCUT2D eigenvalue weighted by Gasteiger charge is -2.27. The predicted octanol–water partition coefficient (Wildman–Crippen LogP) is 2.11. The van der Waals surface area contributed by atoms with Gasteiger partial charge in [0.15, 0.2) is 5.82 Å². The molecule has 19 heavy (non-hydrogen) atoms. The molecule has 2 heterocycles. The van der Waals surface area contributed by atoms with Crippen molar-refractivity contribution in [3.05, 3.63) is 42.0 Å². The van der Waals surface area contributed by atoms with E-state index in [1.54, 1.807) is 0 Å². The summed E-state index contributed by atoms with van der Waals surface area (Å²) in [5.41, 5.74) is 0.960. The summed E-state index contributed by atoms with van der Waals surface area (Å²) in [6, 6.07) is 8.33. The minimum Gasteiger partial charge on any atom is -0.486 e. The minimum absolute atomic E-state index is 0.176. The van der Waals surface area contributed by atoms with Crippen molar-refractivity contribution >= 4 is 0 Å². The van der Waals surface area contributed by atoms with Crippen molar-refractivity contribution in [3.63, 3.8) is 0 Å². The summed E-state index contributed by atoms with van der Waals surface area (Å²) in [5.74, 6) is 1.68. The molecule has 1 N–H and O–H groups in total. The van der Waals surface area contributed by atoms with E-state index >= 15 is 0 Å². The lowest BCUT2D eigenvalue weighted by molar-refractivity contribution is 0.0967. The summed E-state index contributed by atoms with van der Waals surface area (Å²) >= 11 is 0. The van der Waals surface area contributed by atoms with Crippen molar-refractivity contribution in [2.45, 2.75) is 31.9 Å². The summed E-state index contributed by atoms with van der Waals surface area (Å²) in [7, 11) is 0. The van der Waals surface area contributed by atoms with E-state index in [-0.39, 0.29) is 11.6 Å². The maximum absolute atomic E-state index is 5.98. The topological polar surface area (TPSA) is 60.2 Å². The van der Waals surface area contributed by atoms with Crippen molar-refractivity contribution in [1.29, 1.82) is 0 Å². The second-order valence-electron chi connectivity index (χ2n) is 5.23. The van der Waals surface area contributed by atoms with Crippen LogP contribution in [-0.4, -0.2) is 22.3 Å². The third-order valence-corrected chi connectivity index (χ3v) is 3.40. The van der Waals surface area contributed by atoms with E-state index in [9.17, 15) is 0 Å². The number of para-hydroxylation sites is 1. The number of nitrogens with zero attached hydrogens (tertiary/aromatic N) is 2. The molecule has 100 valence electrons. The Kier molecular flexibility index (Phi) is 2.98. The highest BCUT2D eigenvalue weighted by molar-refractivity contribution is 5.42. The van der Waals surface area contributed by atoms with Gasteiger partial charge in [-0.15, -0.1) is 0 Å². The Hall–Kier alpha value is -1.88. The maximum Gasteiger partial charge on any atom is 0.213 e. The van der Waals surface area contributed by atoms with Crippen LogP contribution in [0.5, 0.6) is 5.75 Å². The van der Waals surface area contributed by atoms with Gasteiger partial charge >= 0.3 is 0 Å². The van der Waals surface area contributed by atoms with Gasteiger partial charge in [-0.05, 0) is 19.9 Å². The van der Waals surface area contributed by atoms with Crippen LogP contribution < -0.4 is 10.1 Å². The van der Waals surface area contributed by atoms with Crippen molar-refractivity contribution in [2.75, 3.05) is 6.54 Å². The van der Waals surface area contributed by atoms with Gasteiger partial charge < -0.3 is 14.6 Å². The van der Waals surface area contributed by atoms with E-state index in [1.807, 2.05) is 18.2 Å². The van der Waals surface area contributed by atoms with Gasteiger partial charge in [-0.2, -0.15) is 4.98 Å². The number of rotatable bonds is 4. The molecule has 5 heteroatoms. The first-order valence-corrected chi connectivity index (χ1v) is 6.43. The molecular weight excluding hydrogens is 242 g/mol. The minimum atomic E-state index is -0.249. The molecule has 0 spiro atoms. The number of hydrogen-bond acceptors (Lipinski definition) is 5. The van der Waals surface area contributed by atoms with Gasteiger partial charge in [-0.1, -0.05) is 23.4 Å². The van der Waals surface area contributed by atoms with E-state index in [0.29, 0.717) is 0 Å². The highest BCUT2D eigenvalue weighted by Gasteiger charge is 2.40. The molecule has 0 saturated heterocycles. The molecule has 0 fully saturated rings. The molecule has 1 aromatic carbocycles. The zero-order valence-corrected chi connectivity index (χ0v) is 11.1. The summed E-state index contributed by atoms with van der Waals surface area (Å²) < 4.78 is 10.7. The molecule has 5 nitrogen and oxygen atoms in total. The van der Waals surface area contributed by atoms with Crippen LogP contribution in [0.1, 0.15) is 31.3 Å². The number of fused-ring (bicyclic) bond motifs is 1. The molecule has 1 aliphatic heterocycles. The molecule has 0 bridgehead atoms. The molecule has 1 aliphatic rings. The van der Waals surface area contributed by atoms with E-state index in [1.165, 1.54) is 12.0 Å². The fourth-order valence-corrected chi connectivity index (χ4v) is 2.52. The predicted molar refractivity (Wildman–Crippen MR) is 69.9 cm³/mol. The first-order valence-electron chi connectivity index (χ1n) is 6.43. The fraction of sp³-hybridized carbons (Fsp3) is 0.429. The molecule has 1 atom stereocenters. The first-order chi connectivity index (χ1) is 9.17. The SMILES string of the molecule is CC1(C)Oc2ccccc2C1NCCc1ncon1. The molecule has 3 rings (SSSR count). The lowest BCUT2D eigenvalue weighted by atomic mass is 9.94. The van der Waals surface area contributed by atoms with Crippen LogP contribution >= 0.6 is 0 Å². The molecule has 0 saturated carbocycles. The second kappa shape index (κ2) is 4.66. The Bertz CT molecular complexity index is 552. The monoisotopic (exact) mass is 259 g/mol. The third-order valence-electron chi connectivity index (χ3n) is 3.40. The summed E-state index contributed by atoms with van der Waals surface area (Å²) in [4.78, 5) is 4.01. The van der Waals surface area contributed by atoms with Gasteiger partial charge in [-0.25, -0.2) is 0 Å². The quantitative estimate of drug-likeness (QED) is 0.911. The van der Waals surface area contributed by atoms with Crippen molar-refractivity contribution < 1.29 is 9.26 Å². The number of ether oxygens (including phenoxy) is 1. The van der Waals surface area contributed by atoms with Crippen LogP contribution in [0, 0.1) is 0 Å². The highest BCUT2D eigenvalue weighted by Crippen LogP contribution is 2.42. The summed E-state index contributed by atoms with van der Waals surface area (Å²) in [6.07, 6.45) is 2.10. The van der Waals surface area contributed by atoms with Crippen molar-refractivity contribution in [3.8, 4) is 5.75 Å². The Morgan fingerprint density at radius 1 is 1.32 bits per heavy atom. The van der Waals surface area contributed by atoms with Crippen LogP contribution in [0.15, 0.2) is 35.2 Å². The van der Waals surface area contributed by atoms with E-state index < -0.39 is 0 Å². The lowest BCUT2D eigenvalue weighted by Crippen LogP contribution is -2.39. The molecule has 1 unspecified atom stereocenters. The third kappa shape index (κ3) is 2.33. The smallest absolute Gasteiger partial charge is 0.213 e. The van der Waals surface area contributed by atoms with Crippen LogP contribution in [-0.2, 0) is 6.42 Å². The van der Waals surface area contributed by atoms with Crippen LogP contribution in [0.4, 0.5) is 0 Å². The largest absolute Gasteiger partial charge is 0.486 e. The van der Waals surface area contributed by atoms with Crippen LogP contribution in [0.2, 0.25) is 0 Å². The van der Waals surface area contributed by atoms with Gasteiger partial charge in [0, 0.05) is 18.5 Å². The Morgan fingerprint density at radius 3 is 2.95 bits per heavy atom. The van der Waals surface area contributed by atoms with Gasteiger partial charge in [0.1, 0.15) is 11.4 Å². The first kappa shape index (κ1) is 12.2. The maximum atomic E-state index is 5.98. The number of benzene rings is 1. The van der Waals surface area contributed by atoms with Crippen LogP contribution in [0.25, 0.3) is 0 Å². The average molecular weight is 259 g/mol. The molecular formula is C14H17N3O2.